The van der Waals surface area contributed by atoms with E-state index in [1.165, 1.54) is 0 Å². The molecule has 106 valence electrons. The summed E-state index contributed by atoms with van der Waals surface area (Å²) < 4.78 is 0. The van der Waals surface area contributed by atoms with Gasteiger partial charge in [-0.3, -0.25) is 9.78 Å². The molecule has 1 aromatic heterocycles. The van der Waals surface area contributed by atoms with E-state index >= 15 is 0 Å². The molecule has 19 heavy (non-hydrogen) atoms. The van der Waals surface area contributed by atoms with Crippen molar-refractivity contribution in [1.82, 2.24) is 9.88 Å². The summed E-state index contributed by atoms with van der Waals surface area (Å²) in [6.07, 6.45) is 4.82. The SMILES string of the molecule is Cc1cccc(CN(C)C(=O)CCCCCCN)n1. The number of carbonyl (C=O) groups excluding carboxylic acids is 1. The van der Waals surface area contributed by atoms with Crippen molar-refractivity contribution in [3.8, 4) is 0 Å². The van der Waals surface area contributed by atoms with Gasteiger partial charge >= 0.3 is 0 Å². The van der Waals surface area contributed by atoms with E-state index < -0.39 is 0 Å². The summed E-state index contributed by atoms with van der Waals surface area (Å²) in [6, 6.07) is 5.89. The molecule has 1 rings (SSSR count). The number of nitrogens with two attached hydrogens (primary N) is 1. The number of pyridine rings is 1. The fourth-order valence-corrected chi connectivity index (χ4v) is 1.98. The van der Waals surface area contributed by atoms with Crippen molar-refractivity contribution in [2.24, 2.45) is 5.73 Å². The highest BCUT2D eigenvalue weighted by molar-refractivity contribution is 5.75. The molecular formula is C15H25N3O. The minimum Gasteiger partial charge on any atom is -0.340 e. The van der Waals surface area contributed by atoms with Crippen LogP contribution in [-0.4, -0.2) is 29.4 Å². The van der Waals surface area contributed by atoms with E-state index in [1.807, 2.05) is 32.2 Å². The fraction of sp³-hybridized carbons (Fsp3) is 0.600. The van der Waals surface area contributed by atoms with Gasteiger partial charge in [-0.05, 0) is 38.4 Å². The molecule has 4 nitrogen and oxygen atoms in total. The largest absolute Gasteiger partial charge is 0.340 e. The highest BCUT2D eigenvalue weighted by atomic mass is 16.2. The molecule has 0 spiro atoms. The molecule has 0 saturated heterocycles. The van der Waals surface area contributed by atoms with E-state index in [9.17, 15) is 4.79 Å². The van der Waals surface area contributed by atoms with Gasteiger partial charge in [0.05, 0.1) is 12.2 Å². The lowest BCUT2D eigenvalue weighted by atomic mass is 10.1. The molecule has 0 aliphatic heterocycles. The minimum atomic E-state index is 0.191. The number of rotatable bonds is 8. The summed E-state index contributed by atoms with van der Waals surface area (Å²) in [5.41, 5.74) is 7.36. The molecule has 0 fully saturated rings. The number of unbranched alkanes of at least 4 members (excludes halogenated alkanes) is 3. The molecule has 0 aliphatic carbocycles. The highest BCUT2D eigenvalue weighted by Gasteiger charge is 2.09. The minimum absolute atomic E-state index is 0.191. The van der Waals surface area contributed by atoms with Crippen molar-refractivity contribution >= 4 is 5.91 Å². The maximum atomic E-state index is 11.9. The van der Waals surface area contributed by atoms with Crippen LogP contribution in [0.2, 0.25) is 0 Å². The van der Waals surface area contributed by atoms with Crippen molar-refractivity contribution in [2.45, 2.75) is 45.6 Å². The predicted octanol–water partition coefficient (Wildman–Crippen LogP) is 2.26. The van der Waals surface area contributed by atoms with Crippen LogP contribution in [0.15, 0.2) is 18.2 Å². The van der Waals surface area contributed by atoms with Crippen LogP contribution in [0.5, 0.6) is 0 Å². The van der Waals surface area contributed by atoms with Crippen LogP contribution >= 0.6 is 0 Å². The fourth-order valence-electron chi connectivity index (χ4n) is 1.98. The first-order valence-corrected chi connectivity index (χ1v) is 7.00. The average molecular weight is 263 g/mol. The second-order valence-corrected chi connectivity index (χ2v) is 4.97. The zero-order valence-corrected chi connectivity index (χ0v) is 12.1. The van der Waals surface area contributed by atoms with Gasteiger partial charge in [0, 0.05) is 19.2 Å². The first-order valence-electron chi connectivity index (χ1n) is 7.00. The number of amides is 1. The normalized spacial score (nSPS) is 10.5. The third-order valence-electron chi connectivity index (χ3n) is 3.12. The Kier molecular flexibility index (Phi) is 7.11. The van der Waals surface area contributed by atoms with E-state index in [0.717, 1.165) is 43.6 Å². The van der Waals surface area contributed by atoms with Crippen LogP contribution < -0.4 is 5.73 Å². The average Bonchev–Trinajstić information content (AvgIpc) is 2.38. The maximum Gasteiger partial charge on any atom is 0.222 e. The van der Waals surface area contributed by atoms with Crippen LogP contribution in [0.3, 0.4) is 0 Å². The maximum absolute atomic E-state index is 11.9. The lowest BCUT2D eigenvalue weighted by molar-refractivity contribution is -0.130. The summed E-state index contributed by atoms with van der Waals surface area (Å²) >= 11 is 0. The molecule has 0 atom stereocenters. The second-order valence-electron chi connectivity index (χ2n) is 4.97. The predicted molar refractivity (Wildman–Crippen MR) is 77.6 cm³/mol. The number of carbonyl (C=O) groups is 1. The molecule has 1 aromatic rings. The first kappa shape index (κ1) is 15.6. The summed E-state index contributed by atoms with van der Waals surface area (Å²) in [7, 11) is 1.84. The van der Waals surface area contributed by atoms with E-state index in [1.54, 1.807) is 4.90 Å². The van der Waals surface area contributed by atoms with Crippen LogP contribution in [0.4, 0.5) is 0 Å². The summed E-state index contributed by atoms with van der Waals surface area (Å²) in [4.78, 5) is 18.1. The standard InChI is InChI=1S/C15H25N3O/c1-13-8-7-9-14(17-13)12-18(2)15(19)10-5-3-4-6-11-16/h7-9H,3-6,10-12,16H2,1-2H3. The van der Waals surface area contributed by atoms with Crippen molar-refractivity contribution < 1.29 is 4.79 Å². The first-order chi connectivity index (χ1) is 9.13. The Labute approximate surface area is 116 Å². The van der Waals surface area contributed by atoms with Gasteiger partial charge < -0.3 is 10.6 Å². The Morgan fingerprint density at radius 2 is 2.00 bits per heavy atom. The molecule has 0 aromatic carbocycles. The molecule has 0 bridgehead atoms. The Bertz CT molecular complexity index is 393. The molecule has 0 unspecified atom stereocenters. The van der Waals surface area contributed by atoms with Crippen molar-refractivity contribution in [2.75, 3.05) is 13.6 Å². The van der Waals surface area contributed by atoms with Gasteiger partial charge in [-0.1, -0.05) is 18.9 Å². The Hall–Kier alpha value is -1.42. The van der Waals surface area contributed by atoms with Crippen LogP contribution in [0, 0.1) is 6.92 Å². The van der Waals surface area contributed by atoms with Gasteiger partial charge in [-0.25, -0.2) is 0 Å². The Morgan fingerprint density at radius 1 is 1.26 bits per heavy atom. The third-order valence-corrected chi connectivity index (χ3v) is 3.12. The third kappa shape index (κ3) is 6.34. The van der Waals surface area contributed by atoms with Gasteiger partial charge in [-0.15, -0.1) is 0 Å². The molecule has 2 N–H and O–H groups in total. The number of nitrogens with zero attached hydrogens (tertiary/aromatic N) is 2. The monoisotopic (exact) mass is 263 g/mol. The van der Waals surface area contributed by atoms with E-state index in [-0.39, 0.29) is 5.91 Å². The van der Waals surface area contributed by atoms with Gasteiger partial charge in [0.1, 0.15) is 0 Å². The molecule has 0 aliphatic rings. The highest BCUT2D eigenvalue weighted by Crippen LogP contribution is 2.07. The molecular weight excluding hydrogens is 238 g/mol. The lowest BCUT2D eigenvalue weighted by Gasteiger charge is -2.17. The van der Waals surface area contributed by atoms with Crippen molar-refractivity contribution in [3.05, 3.63) is 29.6 Å². The Balaban J connectivity index is 2.28. The van der Waals surface area contributed by atoms with Crippen LogP contribution in [0.25, 0.3) is 0 Å². The van der Waals surface area contributed by atoms with Gasteiger partial charge in [0.15, 0.2) is 0 Å². The second kappa shape index (κ2) is 8.64. The van der Waals surface area contributed by atoms with Gasteiger partial charge in [0.25, 0.3) is 0 Å². The van der Waals surface area contributed by atoms with Crippen molar-refractivity contribution in [3.63, 3.8) is 0 Å². The van der Waals surface area contributed by atoms with Gasteiger partial charge in [-0.2, -0.15) is 0 Å². The summed E-state index contributed by atoms with van der Waals surface area (Å²) in [6.45, 7) is 3.29. The van der Waals surface area contributed by atoms with Crippen LogP contribution in [0.1, 0.15) is 43.5 Å². The number of aromatic nitrogens is 1. The zero-order chi connectivity index (χ0) is 14.1. The number of hydrogen-bond acceptors (Lipinski definition) is 3. The van der Waals surface area contributed by atoms with Crippen molar-refractivity contribution in [1.29, 1.82) is 0 Å². The van der Waals surface area contributed by atoms with E-state index in [4.69, 9.17) is 5.73 Å². The number of aryl methyl sites for hydroxylation is 1. The molecule has 4 heteroatoms. The number of hydrogen-bond donors (Lipinski definition) is 1. The Morgan fingerprint density at radius 3 is 2.68 bits per heavy atom. The summed E-state index contributed by atoms with van der Waals surface area (Å²) in [5, 5.41) is 0. The van der Waals surface area contributed by atoms with E-state index in [2.05, 4.69) is 4.98 Å². The molecule has 1 heterocycles. The smallest absolute Gasteiger partial charge is 0.222 e. The quantitative estimate of drug-likeness (QED) is 0.732. The zero-order valence-electron chi connectivity index (χ0n) is 12.1. The lowest BCUT2D eigenvalue weighted by Crippen LogP contribution is -2.26. The van der Waals surface area contributed by atoms with E-state index in [0.29, 0.717) is 13.0 Å². The summed E-state index contributed by atoms with van der Waals surface area (Å²) in [5.74, 6) is 0.191. The molecule has 0 saturated carbocycles. The molecule has 1 amide bonds. The topological polar surface area (TPSA) is 59.2 Å². The molecule has 0 radical (unpaired) electrons. The van der Waals surface area contributed by atoms with Gasteiger partial charge in [0.2, 0.25) is 5.91 Å². The van der Waals surface area contributed by atoms with Crippen LogP contribution in [-0.2, 0) is 11.3 Å².